The predicted octanol–water partition coefficient (Wildman–Crippen LogP) is 1.26. The van der Waals surface area contributed by atoms with E-state index in [1.807, 2.05) is 0 Å². The maximum absolute atomic E-state index is 11.6. The van der Waals surface area contributed by atoms with Gasteiger partial charge in [-0.05, 0) is 24.9 Å². The summed E-state index contributed by atoms with van der Waals surface area (Å²) in [4.78, 5) is 11.6. The molecule has 0 saturated carbocycles. The fraction of sp³-hybridized carbons (Fsp3) is 0.0769. The van der Waals surface area contributed by atoms with E-state index in [-0.39, 0.29) is 12.2 Å². The van der Waals surface area contributed by atoms with E-state index in [2.05, 4.69) is 23.8 Å². The summed E-state index contributed by atoms with van der Waals surface area (Å²) in [6.45, 7) is 0.0495. The minimum atomic E-state index is -0.652. The lowest BCUT2D eigenvalue weighted by Crippen LogP contribution is -2.21. The Morgan fingerprint density at radius 1 is 1.55 bits per heavy atom. The van der Waals surface area contributed by atoms with E-state index in [4.69, 9.17) is 16.4 Å². The molecule has 0 atom stereocenters. The van der Waals surface area contributed by atoms with Crippen molar-refractivity contribution in [2.75, 3.05) is 0 Å². The van der Waals surface area contributed by atoms with Crippen molar-refractivity contribution in [2.24, 2.45) is 0 Å². The number of terminal acetylenes is 1. The number of aromatic nitrogens is 2. The van der Waals surface area contributed by atoms with E-state index in [1.54, 1.807) is 35.9 Å². The van der Waals surface area contributed by atoms with Crippen molar-refractivity contribution in [3.05, 3.63) is 47.2 Å². The van der Waals surface area contributed by atoms with E-state index < -0.39 is 5.91 Å². The number of ether oxygens (including phenoxy) is 1. The molecule has 2 rings (SSSR count). The Morgan fingerprint density at radius 2 is 2.35 bits per heavy atom. The van der Waals surface area contributed by atoms with Gasteiger partial charge in [0.1, 0.15) is 6.61 Å². The normalized spacial score (nSPS) is 9.85. The third-order valence-corrected chi connectivity index (χ3v) is 2.82. The number of nitrogens with zero attached hydrogens (tertiary/aromatic N) is 2. The van der Waals surface area contributed by atoms with Crippen LogP contribution in [0.15, 0.2) is 30.5 Å². The number of carbonyl (C=O) groups is 1. The highest BCUT2D eigenvalue weighted by atomic mass is 32.1. The van der Waals surface area contributed by atoms with Crippen molar-refractivity contribution in [3.8, 4) is 18.2 Å². The molecule has 1 amide bonds. The summed E-state index contributed by atoms with van der Waals surface area (Å²) in [5.74, 6) is 2.17. The number of amides is 1. The van der Waals surface area contributed by atoms with Crippen LogP contribution in [0.25, 0.3) is 0 Å². The van der Waals surface area contributed by atoms with Crippen molar-refractivity contribution < 1.29 is 14.7 Å². The highest BCUT2D eigenvalue weighted by Gasteiger charge is 2.14. The van der Waals surface area contributed by atoms with Gasteiger partial charge >= 0.3 is 0 Å². The standard InChI is InChI=1S/C13H11N3O3S/c1-2-9-4-3-5-10(13(17)15-18)11(9)8-19-12-6-7-16(20)14-12/h1,3-7,18,20H,8H2,(H,15,17). The van der Waals surface area contributed by atoms with Gasteiger partial charge in [-0.15, -0.1) is 11.5 Å². The summed E-state index contributed by atoms with van der Waals surface area (Å²) < 4.78 is 6.75. The number of hydrogen-bond acceptors (Lipinski definition) is 5. The van der Waals surface area contributed by atoms with Gasteiger partial charge < -0.3 is 4.74 Å². The quantitative estimate of drug-likeness (QED) is 0.343. The van der Waals surface area contributed by atoms with Crippen molar-refractivity contribution in [1.82, 2.24) is 14.7 Å². The maximum atomic E-state index is 11.6. The van der Waals surface area contributed by atoms with Gasteiger partial charge in [0.25, 0.3) is 5.91 Å². The number of thiol groups is 1. The molecule has 0 fully saturated rings. The molecule has 7 heteroatoms. The smallest absolute Gasteiger partial charge is 0.275 e. The van der Waals surface area contributed by atoms with Crippen molar-refractivity contribution in [1.29, 1.82) is 0 Å². The molecule has 2 N–H and O–H groups in total. The minimum absolute atomic E-state index is 0.0495. The molecule has 102 valence electrons. The lowest BCUT2D eigenvalue weighted by Gasteiger charge is -2.10. The summed E-state index contributed by atoms with van der Waals surface area (Å²) >= 11 is 3.99. The molecular weight excluding hydrogens is 278 g/mol. The highest BCUT2D eigenvalue weighted by Crippen LogP contribution is 2.17. The van der Waals surface area contributed by atoms with Gasteiger partial charge in [-0.3, -0.25) is 10.0 Å². The van der Waals surface area contributed by atoms with Gasteiger partial charge in [0.05, 0.1) is 0 Å². The van der Waals surface area contributed by atoms with E-state index in [1.165, 1.54) is 4.09 Å². The molecule has 1 aromatic heterocycles. The molecule has 0 aliphatic heterocycles. The zero-order valence-electron chi connectivity index (χ0n) is 10.3. The van der Waals surface area contributed by atoms with Crippen LogP contribution in [0.1, 0.15) is 21.5 Å². The average molecular weight is 289 g/mol. The van der Waals surface area contributed by atoms with E-state index in [0.717, 1.165) is 0 Å². The highest BCUT2D eigenvalue weighted by molar-refractivity contribution is 7.78. The Balaban J connectivity index is 2.29. The first-order chi connectivity index (χ1) is 9.65. The summed E-state index contributed by atoms with van der Waals surface area (Å²) in [5, 5.41) is 12.7. The number of benzene rings is 1. The average Bonchev–Trinajstić information content (AvgIpc) is 2.89. The minimum Gasteiger partial charge on any atom is -0.472 e. The molecule has 0 saturated heterocycles. The van der Waals surface area contributed by atoms with Crippen LogP contribution in [-0.2, 0) is 6.61 Å². The van der Waals surface area contributed by atoms with Gasteiger partial charge in [-0.1, -0.05) is 12.0 Å². The third-order valence-electron chi connectivity index (χ3n) is 2.59. The van der Waals surface area contributed by atoms with Crippen molar-refractivity contribution in [3.63, 3.8) is 0 Å². The van der Waals surface area contributed by atoms with Crippen LogP contribution in [0.5, 0.6) is 5.88 Å². The molecule has 0 aliphatic carbocycles. The number of hydroxylamine groups is 1. The lowest BCUT2D eigenvalue weighted by molar-refractivity contribution is 0.0703. The Kier molecular flexibility index (Phi) is 4.30. The largest absolute Gasteiger partial charge is 0.472 e. The zero-order chi connectivity index (χ0) is 14.5. The fourth-order valence-corrected chi connectivity index (χ4v) is 1.83. The molecule has 1 aromatic carbocycles. The second-order valence-corrected chi connectivity index (χ2v) is 4.19. The Hall–Kier alpha value is -2.43. The monoisotopic (exact) mass is 289 g/mol. The third kappa shape index (κ3) is 2.93. The van der Waals surface area contributed by atoms with Crippen LogP contribution in [0.2, 0.25) is 0 Å². The number of carbonyl (C=O) groups excluding carboxylic acids is 1. The number of rotatable bonds is 4. The van der Waals surface area contributed by atoms with Crippen LogP contribution < -0.4 is 10.2 Å². The molecule has 0 spiro atoms. The molecule has 1 heterocycles. The Morgan fingerprint density at radius 3 is 2.95 bits per heavy atom. The molecule has 6 nitrogen and oxygen atoms in total. The SMILES string of the molecule is C#Cc1cccc(C(=O)NO)c1COc1ccn(S)n1. The number of nitrogens with one attached hydrogen (secondary N) is 1. The van der Waals surface area contributed by atoms with Crippen LogP contribution in [0, 0.1) is 12.3 Å². The molecular formula is C13H11N3O3S. The van der Waals surface area contributed by atoms with Gasteiger partial charge in [0.2, 0.25) is 5.88 Å². The van der Waals surface area contributed by atoms with Gasteiger partial charge in [-0.2, -0.15) is 0 Å². The van der Waals surface area contributed by atoms with Crippen LogP contribution in [0.4, 0.5) is 0 Å². The molecule has 20 heavy (non-hydrogen) atoms. The van der Waals surface area contributed by atoms with Crippen LogP contribution in [0.3, 0.4) is 0 Å². The molecule has 0 radical (unpaired) electrons. The summed E-state index contributed by atoms with van der Waals surface area (Å²) in [6, 6.07) is 6.48. The zero-order valence-corrected chi connectivity index (χ0v) is 11.2. The van der Waals surface area contributed by atoms with Gasteiger partial charge in [0, 0.05) is 29.0 Å². The van der Waals surface area contributed by atoms with E-state index in [0.29, 0.717) is 17.0 Å². The van der Waals surface area contributed by atoms with Gasteiger partial charge in [0.15, 0.2) is 0 Å². The first-order valence-electron chi connectivity index (χ1n) is 5.56. The lowest BCUT2D eigenvalue weighted by atomic mass is 10.0. The Labute approximate surface area is 120 Å². The summed E-state index contributed by atoms with van der Waals surface area (Å²) in [7, 11) is 0. The van der Waals surface area contributed by atoms with Crippen molar-refractivity contribution in [2.45, 2.75) is 6.61 Å². The van der Waals surface area contributed by atoms with Gasteiger partial charge in [-0.25, -0.2) is 9.57 Å². The van der Waals surface area contributed by atoms with Crippen LogP contribution >= 0.6 is 12.8 Å². The Bertz CT molecular complexity index is 676. The molecule has 0 bridgehead atoms. The summed E-state index contributed by atoms with van der Waals surface area (Å²) in [5.41, 5.74) is 2.83. The first-order valence-corrected chi connectivity index (χ1v) is 5.96. The van der Waals surface area contributed by atoms with E-state index in [9.17, 15) is 4.79 Å². The van der Waals surface area contributed by atoms with Crippen molar-refractivity contribution >= 4 is 18.7 Å². The first kappa shape index (κ1) is 14.0. The molecule has 2 aromatic rings. The molecule has 0 unspecified atom stereocenters. The summed E-state index contributed by atoms with van der Waals surface area (Å²) in [6.07, 6.45) is 7.01. The number of hydrogen-bond donors (Lipinski definition) is 3. The van der Waals surface area contributed by atoms with E-state index >= 15 is 0 Å². The fourth-order valence-electron chi connectivity index (χ4n) is 1.67. The van der Waals surface area contributed by atoms with Crippen LogP contribution in [-0.4, -0.2) is 20.3 Å². The topological polar surface area (TPSA) is 76.4 Å². The molecule has 0 aliphatic rings. The maximum Gasteiger partial charge on any atom is 0.275 e. The predicted molar refractivity (Wildman–Crippen MR) is 74.6 cm³/mol. The second kappa shape index (κ2) is 6.14. The second-order valence-electron chi connectivity index (χ2n) is 3.78.